The predicted molar refractivity (Wildman–Crippen MR) is 115 cm³/mol. The number of anilines is 1. The molecule has 1 heterocycles. The van der Waals surface area contributed by atoms with E-state index >= 15 is 0 Å². The van der Waals surface area contributed by atoms with Gasteiger partial charge in [-0.1, -0.05) is 37.6 Å². The molecule has 29 heavy (non-hydrogen) atoms. The maximum absolute atomic E-state index is 13.3. The number of hydrogen-bond acceptors (Lipinski definition) is 4. The van der Waals surface area contributed by atoms with E-state index in [2.05, 4.69) is 15.5 Å². The molecular formula is C22H26ClFN4O. The van der Waals surface area contributed by atoms with Crippen LogP contribution in [0, 0.1) is 5.82 Å². The van der Waals surface area contributed by atoms with Crippen molar-refractivity contribution in [3.05, 3.63) is 64.7 Å². The van der Waals surface area contributed by atoms with Crippen LogP contribution in [0.1, 0.15) is 38.1 Å². The van der Waals surface area contributed by atoms with Crippen LogP contribution in [0.2, 0.25) is 5.02 Å². The van der Waals surface area contributed by atoms with Gasteiger partial charge in [-0.05, 0) is 48.7 Å². The summed E-state index contributed by atoms with van der Waals surface area (Å²) in [5.74, 6) is 1.31. The Morgan fingerprint density at radius 3 is 2.41 bits per heavy atom. The molecule has 0 aliphatic heterocycles. The Hall–Kier alpha value is -2.44. The molecule has 4 rings (SSSR count). The molecule has 5 nitrogen and oxygen atoms in total. The molecule has 1 aromatic heterocycles. The summed E-state index contributed by atoms with van der Waals surface area (Å²) in [4.78, 5) is 0. The summed E-state index contributed by atoms with van der Waals surface area (Å²) in [6.45, 7) is 4.52. The second-order valence-electron chi connectivity index (χ2n) is 6.84. The summed E-state index contributed by atoms with van der Waals surface area (Å²) in [5, 5.41) is 21.4. The first-order chi connectivity index (χ1) is 14.0. The van der Waals surface area contributed by atoms with E-state index in [1.165, 1.54) is 12.1 Å². The smallest absolute Gasteiger partial charge is 0.165 e. The summed E-state index contributed by atoms with van der Waals surface area (Å²) in [6, 6.07) is 12.2. The quantitative estimate of drug-likeness (QED) is 0.606. The molecule has 1 aliphatic rings. The van der Waals surface area contributed by atoms with Crippen molar-refractivity contribution in [2.45, 2.75) is 32.1 Å². The Bertz CT molecular complexity index is 967. The first-order valence-electron chi connectivity index (χ1n) is 9.86. The van der Waals surface area contributed by atoms with Crippen LogP contribution in [0.5, 0.6) is 0 Å². The minimum absolute atomic E-state index is 0.0531. The van der Waals surface area contributed by atoms with Crippen LogP contribution in [-0.2, 0) is 12.5 Å². The number of aliphatic hydroxyl groups excluding tert-OH is 1. The monoisotopic (exact) mass is 416 g/mol. The molecule has 0 radical (unpaired) electrons. The molecule has 2 aromatic carbocycles. The fourth-order valence-corrected chi connectivity index (χ4v) is 3.79. The van der Waals surface area contributed by atoms with Crippen molar-refractivity contribution in [3.8, 4) is 11.4 Å². The summed E-state index contributed by atoms with van der Waals surface area (Å²) >= 11 is 6.46. The van der Waals surface area contributed by atoms with Crippen molar-refractivity contribution in [1.82, 2.24) is 14.8 Å². The first kappa shape index (κ1) is 21.3. The summed E-state index contributed by atoms with van der Waals surface area (Å²) in [6.07, 6.45) is 1.92. The molecule has 154 valence electrons. The number of nitrogens with one attached hydrogen (secondary N) is 1. The van der Waals surface area contributed by atoms with E-state index in [9.17, 15) is 4.39 Å². The van der Waals surface area contributed by atoms with Gasteiger partial charge in [0.25, 0.3) is 0 Å². The van der Waals surface area contributed by atoms with E-state index in [0.717, 1.165) is 35.5 Å². The fraction of sp³-hybridized carbons (Fsp3) is 0.364. The van der Waals surface area contributed by atoms with Gasteiger partial charge in [0.2, 0.25) is 0 Å². The number of halogens is 2. The molecule has 1 saturated carbocycles. The third-order valence-electron chi connectivity index (χ3n) is 5.10. The Morgan fingerprint density at radius 2 is 1.83 bits per heavy atom. The number of benzene rings is 2. The highest BCUT2D eigenvalue weighted by Crippen LogP contribution is 2.53. The molecule has 3 aromatic rings. The number of rotatable bonds is 6. The molecule has 0 spiro atoms. The third kappa shape index (κ3) is 4.14. The zero-order chi connectivity index (χ0) is 21.0. The van der Waals surface area contributed by atoms with Gasteiger partial charge in [0.05, 0.1) is 17.0 Å². The maximum atomic E-state index is 13.3. The molecule has 0 amide bonds. The van der Waals surface area contributed by atoms with E-state index in [0.29, 0.717) is 17.4 Å². The summed E-state index contributed by atoms with van der Waals surface area (Å²) < 4.78 is 15.3. The lowest BCUT2D eigenvalue weighted by molar-refractivity contribution is 0.311. The van der Waals surface area contributed by atoms with Crippen molar-refractivity contribution in [3.63, 3.8) is 0 Å². The van der Waals surface area contributed by atoms with Gasteiger partial charge in [-0.15, -0.1) is 10.2 Å². The van der Waals surface area contributed by atoms with Crippen LogP contribution in [0.15, 0.2) is 42.5 Å². The van der Waals surface area contributed by atoms with Crippen molar-refractivity contribution in [2.24, 2.45) is 7.05 Å². The molecule has 0 saturated heterocycles. The lowest BCUT2D eigenvalue weighted by Gasteiger charge is -2.16. The topological polar surface area (TPSA) is 63.0 Å². The van der Waals surface area contributed by atoms with E-state index in [1.54, 1.807) is 0 Å². The number of hydrogen-bond donors (Lipinski definition) is 2. The number of aliphatic hydroxyl groups is 1. The molecule has 1 aliphatic carbocycles. The Morgan fingerprint density at radius 1 is 1.14 bits per heavy atom. The number of aromatic nitrogens is 3. The average Bonchev–Trinajstić information content (AvgIpc) is 3.45. The number of nitrogens with zero attached hydrogens (tertiary/aromatic N) is 3. The maximum Gasteiger partial charge on any atom is 0.165 e. The lowest BCUT2D eigenvalue weighted by atomic mass is 9.95. The molecule has 2 N–H and O–H groups in total. The average molecular weight is 417 g/mol. The Labute approximate surface area is 175 Å². The van der Waals surface area contributed by atoms with Gasteiger partial charge < -0.3 is 15.0 Å². The van der Waals surface area contributed by atoms with E-state index in [-0.39, 0.29) is 17.8 Å². The second kappa shape index (κ2) is 8.93. The molecule has 1 fully saturated rings. The molecule has 0 bridgehead atoms. The normalized spacial score (nSPS) is 14.1. The van der Waals surface area contributed by atoms with Gasteiger partial charge in [0.15, 0.2) is 5.82 Å². The molecule has 0 atom stereocenters. The van der Waals surface area contributed by atoms with Crippen molar-refractivity contribution in [2.75, 3.05) is 18.5 Å². The zero-order valence-electron chi connectivity index (χ0n) is 16.9. The highest BCUT2D eigenvalue weighted by atomic mass is 35.5. The third-order valence-corrected chi connectivity index (χ3v) is 5.41. The lowest BCUT2D eigenvalue weighted by Crippen LogP contribution is -2.15. The van der Waals surface area contributed by atoms with Gasteiger partial charge in [0, 0.05) is 24.8 Å². The minimum atomic E-state index is -0.241. The van der Waals surface area contributed by atoms with Crippen LogP contribution in [0.25, 0.3) is 11.4 Å². The second-order valence-corrected chi connectivity index (χ2v) is 7.25. The SMILES string of the molecule is CC.Cn1c(-c2ccc(NCCO)cc2Cl)nnc1C1(c2ccc(F)cc2)CC1. The van der Waals surface area contributed by atoms with E-state index < -0.39 is 0 Å². The predicted octanol–water partition coefficient (Wildman–Crippen LogP) is 4.78. The minimum Gasteiger partial charge on any atom is -0.395 e. The zero-order valence-corrected chi connectivity index (χ0v) is 17.7. The van der Waals surface area contributed by atoms with Crippen LogP contribution in [0.3, 0.4) is 0 Å². The van der Waals surface area contributed by atoms with Gasteiger partial charge in [-0.2, -0.15) is 0 Å². The van der Waals surface area contributed by atoms with Gasteiger partial charge in [0.1, 0.15) is 11.6 Å². The molecular weight excluding hydrogens is 391 g/mol. The largest absolute Gasteiger partial charge is 0.395 e. The molecule has 7 heteroatoms. The van der Waals surface area contributed by atoms with Gasteiger partial charge >= 0.3 is 0 Å². The summed E-state index contributed by atoms with van der Waals surface area (Å²) in [5.41, 5.74) is 2.48. The van der Waals surface area contributed by atoms with E-state index in [4.69, 9.17) is 16.7 Å². The van der Waals surface area contributed by atoms with Crippen molar-refractivity contribution < 1.29 is 9.50 Å². The van der Waals surface area contributed by atoms with Crippen LogP contribution >= 0.6 is 11.6 Å². The van der Waals surface area contributed by atoms with Crippen LogP contribution < -0.4 is 5.32 Å². The van der Waals surface area contributed by atoms with Gasteiger partial charge in [-0.3, -0.25) is 0 Å². The van der Waals surface area contributed by atoms with Crippen LogP contribution in [-0.4, -0.2) is 33.0 Å². The van der Waals surface area contributed by atoms with Crippen molar-refractivity contribution >= 4 is 17.3 Å². The fourth-order valence-electron chi connectivity index (χ4n) is 3.52. The standard InChI is InChI=1S/C20H20ClFN4O.C2H6/c1-26-18(16-7-6-15(12-17(16)21)23-10-11-27)24-25-19(26)20(8-9-20)13-2-4-14(22)5-3-13;1-2/h2-7,12,23,27H,8-11H2,1H3;1-2H3. The Balaban J connectivity index is 0.00000117. The van der Waals surface area contributed by atoms with Crippen LogP contribution in [0.4, 0.5) is 10.1 Å². The Kier molecular flexibility index (Phi) is 6.55. The van der Waals surface area contributed by atoms with Crippen molar-refractivity contribution in [1.29, 1.82) is 0 Å². The first-order valence-corrected chi connectivity index (χ1v) is 10.2. The highest BCUT2D eigenvalue weighted by Gasteiger charge is 2.50. The summed E-state index contributed by atoms with van der Waals surface area (Å²) in [7, 11) is 1.93. The van der Waals surface area contributed by atoms with Gasteiger partial charge in [-0.25, -0.2) is 4.39 Å². The van der Waals surface area contributed by atoms with E-state index in [1.807, 2.05) is 55.8 Å². The molecule has 0 unspecified atom stereocenters. The highest BCUT2D eigenvalue weighted by molar-refractivity contribution is 6.33.